The van der Waals surface area contributed by atoms with Crippen LogP contribution in [0.15, 0.2) is 52.2 Å². The molecule has 3 aromatic rings. The van der Waals surface area contributed by atoms with Crippen LogP contribution in [0.5, 0.6) is 0 Å². The number of aromatic nitrogens is 3. The zero-order valence-corrected chi connectivity index (χ0v) is 21.1. The molecule has 0 spiro atoms. The molecule has 3 aromatic heterocycles. The van der Waals surface area contributed by atoms with Crippen LogP contribution in [0.1, 0.15) is 50.2 Å². The van der Waals surface area contributed by atoms with E-state index < -0.39 is 0 Å². The van der Waals surface area contributed by atoms with Crippen molar-refractivity contribution in [2.75, 3.05) is 32.7 Å². The SMILES string of the molecule is CCNC(=NCC(c1ccco1)N1CCCCC1)NCCCc1nnc2ccccn12.I. The summed E-state index contributed by atoms with van der Waals surface area (Å²) >= 11 is 0. The second-order valence-electron chi connectivity index (χ2n) is 7.92. The van der Waals surface area contributed by atoms with Crippen molar-refractivity contribution in [3.05, 3.63) is 54.4 Å². The van der Waals surface area contributed by atoms with E-state index in [9.17, 15) is 0 Å². The lowest BCUT2D eigenvalue weighted by Gasteiger charge is -2.32. The van der Waals surface area contributed by atoms with Gasteiger partial charge in [-0.25, -0.2) is 0 Å². The lowest BCUT2D eigenvalue weighted by Crippen LogP contribution is -2.40. The molecular weight excluding hydrogens is 517 g/mol. The third-order valence-corrected chi connectivity index (χ3v) is 5.72. The summed E-state index contributed by atoms with van der Waals surface area (Å²) in [7, 11) is 0. The van der Waals surface area contributed by atoms with Crippen LogP contribution in [0.4, 0.5) is 0 Å². The van der Waals surface area contributed by atoms with Gasteiger partial charge in [-0.05, 0) is 63.5 Å². The van der Waals surface area contributed by atoms with Crippen LogP contribution < -0.4 is 10.6 Å². The van der Waals surface area contributed by atoms with Gasteiger partial charge in [0.2, 0.25) is 0 Å². The molecule has 0 bridgehead atoms. The van der Waals surface area contributed by atoms with Gasteiger partial charge in [0.05, 0.1) is 18.8 Å². The Bertz CT molecular complexity index is 950. The van der Waals surface area contributed by atoms with Crippen molar-refractivity contribution in [3.63, 3.8) is 0 Å². The normalized spacial score (nSPS) is 16.0. The number of hydrogen-bond acceptors (Lipinski definition) is 5. The first kappa shape index (κ1) is 24.5. The van der Waals surface area contributed by atoms with Crippen molar-refractivity contribution in [1.29, 1.82) is 0 Å². The van der Waals surface area contributed by atoms with E-state index in [1.54, 1.807) is 6.26 Å². The van der Waals surface area contributed by atoms with E-state index in [2.05, 4.69) is 38.7 Å². The molecule has 0 aromatic carbocycles. The minimum Gasteiger partial charge on any atom is -0.468 e. The van der Waals surface area contributed by atoms with E-state index in [1.807, 2.05) is 34.9 Å². The van der Waals surface area contributed by atoms with Gasteiger partial charge in [-0.3, -0.25) is 14.3 Å². The average Bonchev–Trinajstić information content (AvgIpc) is 3.48. The predicted octanol–water partition coefficient (Wildman–Crippen LogP) is 3.66. The molecule has 174 valence electrons. The van der Waals surface area contributed by atoms with Crippen LogP contribution in [0.3, 0.4) is 0 Å². The molecule has 0 aliphatic carbocycles. The fourth-order valence-electron chi connectivity index (χ4n) is 4.13. The summed E-state index contributed by atoms with van der Waals surface area (Å²) in [5.41, 5.74) is 0.891. The molecule has 4 heterocycles. The summed E-state index contributed by atoms with van der Waals surface area (Å²) in [5.74, 6) is 2.84. The maximum Gasteiger partial charge on any atom is 0.191 e. The monoisotopic (exact) mass is 551 g/mol. The minimum absolute atomic E-state index is 0. The van der Waals surface area contributed by atoms with Crippen molar-refractivity contribution >= 4 is 35.6 Å². The molecule has 0 saturated carbocycles. The van der Waals surface area contributed by atoms with Crippen LogP contribution >= 0.6 is 24.0 Å². The summed E-state index contributed by atoms with van der Waals surface area (Å²) in [5, 5.41) is 15.4. The number of furan rings is 1. The Kier molecular flexibility index (Phi) is 9.79. The summed E-state index contributed by atoms with van der Waals surface area (Å²) < 4.78 is 7.80. The highest BCUT2D eigenvalue weighted by Gasteiger charge is 2.24. The van der Waals surface area contributed by atoms with E-state index in [0.29, 0.717) is 6.54 Å². The lowest BCUT2D eigenvalue weighted by atomic mass is 10.1. The Balaban J connectivity index is 0.00000289. The number of aryl methyl sites for hydroxylation is 1. The Morgan fingerprint density at radius 3 is 2.78 bits per heavy atom. The van der Waals surface area contributed by atoms with Gasteiger partial charge in [-0.15, -0.1) is 34.2 Å². The van der Waals surface area contributed by atoms with Gasteiger partial charge in [0.1, 0.15) is 11.6 Å². The van der Waals surface area contributed by atoms with Crippen molar-refractivity contribution in [3.8, 4) is 0 Å². The second kappa shape index (κ2) is 12.8. The number of likely N-dealkylation sites (tertiary alicyclic amines) is 1. The van der Waals surface area contributed by atoms with Crippen molar-refractivity contribution in [2.45, 2.75) is 45.1 Å². The molecule has 2 N–H and O–H groups in total. The average molecular weight is 551 g/mol. The highest BCUT2D eigenvalue weighted by Crippen LogP contribution is 2.25. The summed E-state index contributed by atoms with van der Waals surface area (Å²) in [4.78, 5) is 7.39. The number of nitrogens with zero attached hydrogens (tertiary/aromatic N) is 5. The molecular formula is C23H34IN7O. The fourth-order valence-corrected chi connectivity index (χ4v) is 4.13. The Morgan fingerprint density at radius 1 is 1.12 bits per heavy atom. The first-order valence-corrected chi connectivity index (χ1v) is 11.4. The number of halogens is 1. The Morgan fingerprint density at radius 2 is 2.00 bits per heavy atom. The van der Waals surface area contributed by atoms with Gasteiger partial charge in [-0.2, -0.15) is 0 Å². The smallest absolute Gasteiger partial charge is 0.191 e. The Hall–Kier alpha value is -2.14. The van der Waals surface area contributed by atoms with E-state index >= 15 is 0 Å². The van der Waals surface area contributed by atoms with Gasteiger partial charge < -0.3 is 15.1 Å². The largest absolute Gasteiger partial charge is 0.468 e. The predicted molar refractivity (Wildman–Crippen MR) is 138 cm³/mol. The molecule has 32 heavy (non-hydrogen) atoms. The first-order chi connectivity index (χ1) is 15.3. The summed E-state index contributed by atoms with van der Waals surface area (Å²) in [6, 6.07) is 10.2. The number of piperidine rings is 1. The molecule has 1 aliphatic heterocycles. The van der Waals surface area contributed by atoms with Gasteiger partial charge in [0, 0.05) is 25.7 Å². The van der Waals surface area contributed by atoms with Crippen molar-refractivity contribution < 1.29 is 4.42 Å². The third kappa shape index (κ3) is 6.44. The Labute approximate surface area is 206 Å². The molecule has 0 radical (unpaired) electrons. The number of pyridine rings is 1. The zero-order valence-electron chi connectivity index (χ0n) is 18.7. The molecule has 1 unspecified atom stereocenters. The van der Waals surface area contributed by atoms with E-state index in [0.717, 1.165) is 62.2 Å². The first-order valence-electron chi connectivity index (χ1n) is 11.4. The highest BCUT2D eigenvalue weighted by atomic mass is 127. The zero-order chi connectivity index (χ0) is 21.3. The van der Waals surface area contributed by atoms with Crippen LogP contribution in [-0.2, 0) is 6.42 Å². The van der Waals surface area contributed by atoms with E-state index in [-0.39, 0.29) is 30.0 Å². The molecule has 0 amide bonds. The van der Waals surface area contributed by atoms with Gasteiger partial charge in [0.25, 0.3) is 0 Å². The van der Waals surface area contributed by atoms with Crippen LogP contribution in [0.2, 0.25) is 0 Å². The summed E-state index contributed by atoms with van der Waals surface area (Å²) in [6.45, 7) is 6.64. The minimum atomic E-state index is 0. The third-order valence-electron chi connectivity index (χ3n) is 5.72. The van der Waals surface area contributed by atoms with Crippen molar-refractivity contribution in [1.82, 2.24) is 30.1 Å². The molecule has 1 fully saturated rings. The van der Waals surface area contributed by atoms with Crippen LogP contribution in [0, 0.1) is 0 Å². The van der Waals surface area contributed by atoms with Crippen molar-refractivity contribution in [2.24, 2.45) is 4.99 Å². The van der Waals surface area contributed by atoms with E-state index in [4.69, 9.17) is 9.41 Å². The quantitative estimate of drug-likeness (QED) is 0.183. The number of rotatable bonds is 9. The molecule has 1 saturated heterocycles. The second-order valence-corrected chi connectivity index (χ2v) is 7.92. The summed E-state index contributed by atoms with van der Waals surface area (Å²) in [6.07, 6.45) is 9.39. The number of aliphatic imine (C=N–C) groups is 1. The lowest BCUT2D eigenvalue weighted by molar-refractivity contribution is 0.150. The van der Waals surface area contributed by atoms with Crippen LogP contribution in [0.25, 0.3) is 5.65 Å². The number of nitrogens with one attached hydrogen (secondary N) is 2. The molecule has 9 heteroatoms. The molecule has 1 atom stereocenters. The van der Waals surface area contributed by atoms with Gasteiger partial charge in [-0.1, -0.05) is 12.5 Å². The number of hydrogen-bond donors (Lipinski definition) is 2. The standard InChI is InChI=1S/C23H33N7O.HI/c1-2-24-23(25-13-8-12-22-28-27-21-11-4-7-16-30(21)22)26-18-19(20-10-9-17-31-20)29-14-5-3-6-15-29;/h4,7,9-11,16-17,19H,2-3,5-6,8,12-15,18H2,1H3,(H2,24,25,26);1H. The maximum atomic E-state index is 5.75. The molecule has 8 nitrogen and oxygen atoms in total. The topological polar surface area (TPSA) is 83.0 Å². The fraction of sp³-hybridized carbons (Fsp3) is 0.522. The van der Waals surface area contributed by atoms with Crippen LogP contribution in [-0.4, -0.2) is 58.2 Å². The molecule has 1 aliphatic rings. The van der Waals surface area contributed by atoms with E-state index in [1.165, 1.54) is 19.3 Å². The number of fused-ring (bicyclic) bond motifs is 1. The number of guanidine groups is 1. The highest BCUT2D eigenvalue weighted by molar-refractivity contribution is 14.0. The maximum absolute atomic E-state index is 5.75. The van der Waals surface area contributed by atoms with Gasteiger partial charge in [0.15, 0.2) is 11.6 Å². The molecule has 4 rings (SSSR count). The van der Waals surface area contributed by atoms with Gasteiger partial charge >= 0.3 is 0 Å².